The van der Waals surface area contributed by atoms with Crippen LogP contribution in [0.4, 0.5) is 6.01 Å². The molecule has 1 fully saturated rings. The Morgan fingerprint density at radius 3 is 2.57 bits per heavy atom. The van der Waals surface area contributed by atoms with Crippen molar-refractivity contribution in [3.05, 3.63) is 42.2 Å². The number of nitrogens with zero attached hydrogens (tertiary/aromatic N) is 3. The van der Waals surface area contributed by atoms with Crippen molar-refractivity contribution in [2.45, 2.75) is 64.9 Å². The van der Waals surface area contributed by atoms with Gasteiger partial charge in [0.2, 0.25) is 5.91 Å². The molecule has 1 saturated heterocycles. The molecule has 1 aliphatic rings. The van der Waals surface area contributed by atoms with Crippen LogP contribution in [0.2, 0.25) is 0 Å². The maximum atomic E-state index is 12.3. The number of piperidine rings is 1. The van der Waals surface area contributed by atoms with E-state index in [1.165, 1.54) is 0 Å². The largest absolute Gasteiger partial charge is 0.493 e. The molecular formula is C28H42N4O5. The summed E-state index contributed by atoms with van der Waals surface area (Å²) in [5.74, 6) is 2.06. The van der Waals surface area contributed by atoms with Crippen LogP contribution in [0.1, 0.15) is 70.2 Å². The van der Waals surface area contributed by atoms with Crippen molar-refractivity contribution in [1.29, 1.82) is 0 Å². The van der Waals surface area contributed by atoms with Crippen molar-refractivity contribution < 1.29 is 24.3 Å². The van der Waals surface area contributed by atoms with E-state index in [2.05, 4.69) is 40.8 Å². The molecule has 37 heavy (non-hydrogen) atoms. The van der Waals surface area contributed by atoms with Gasteiger partial charge in [0.05, 0.1) is 19.3 Å². The van der Waals surface area contributed by atoms with Gasteiger partial charge in [-0.2, -0.15) is 4.98 Å². The van der Waals surface area contributed by atoms with Crippen LogP contribution in [0.3, 0.4) is 0 Å². The summed E-state index contributed by atoms with van der Waals surface area (Å²) >= 11 is 0. The molecule has 1 aliphatic heterocycles. The van der Waals surface area contributed by atoms with Gasteiger partial charge in [-0.05, 0) is 61.3 Å². The minimum Gasteiger partial charge on any atom is -0.493 e. The lowest BCUT2D eigenvalue weighted by molar-refractivity contribution is -0.125. The van der Waals surface area contributed by atoms with Gasteiger partial charge in [-0.1, -0.05) is 44.6 Å². The van der Waals surface area contributed by atoms with Crippen molar-refractivity contribution in [2.75, 3.05) is 37.7 Å². The monoisotopic (exact) mass is 514 g/mol. The van der Waals surface area contributed by atoms with Crippen molar-refractivity contribution in [3.8, 4) is 5.75 Å². The van der Waals surface area contributed by atoms with Crippen molar-refractivity contribution in [1.82, 2.24) is 15.5 Å². The van der Waals surface area contributed by atoms with Crippen LogP contribution in [-0.2, 0) is 4.79 Å². The van der Waals surface area contributed by atoms with Gasteiger partial charge >= 0.3 is 6.01 Å². The van der Waals surface area contributed by atoms with Crippen LogP contribution in [0.15, 0.2) is 35.4 Å². The predicted molar refractivity (Wildman–Crippen MR) is 143 cm³/mol. The van der Waals surface area contributed by atoms with Gasteiger partial charge in [0.1, 0.15) is 5.75 Å². The number of carbonyl (C=O) groups is 1. The molecule has 2 unspecified atom stereocenters. The van der Waals surface area contributed by atoms with Crippen LogP contribution < -0.4 is 15.0 Å². The number of allylic oxidation sites excluding steroid dienone is 1. The number of aliphatic hydroxyl groups excluding tert-OH is 2. The highest BCUT2D eigenvalue weighted by Gasteiger charge is 2.24. The number of hydrogen-bond donors (Lipinski definition) is 3. The summed E-state index contributed by atoms with van der Waals surface area (Å²) in [5.41, 5.74) is 2.01. The van der Waals surface area contributed by atoms with Gasteiger partial charge in [0.25, 0.3) is 0 Å². The first-order valence-corrected chi connectivity index (χ1v) is 13.4. The third-order valence-electron chi connectivity index (χ3n) is 6.96. The molecule has 9 nitrogen and oxygen atoms in total. The third-order valence-corrected chi connectivity index (χ3v) is 6.96. The number of aromatic nitrogens is 2. The standard InChI is InChI=1S/C28H42N4O5/c1-5-22(27(35)29-16-24(34)17-33)7-6-20(4)23-8-10-25(11-9-23)36-18-21-12-14-32(15-13-21)28-30-26(19(2)3)31-37-28/h8-11,19,21-22,24,33-34H,4-7,12-18H2,1-3H3,(H,29,35). The third kappa shape index (κ3) is 8.57. The highest BCUT2D eigenvalue weighted by Crippen LogP contribution is 2.26. The molecule has 1 amide bonds. The SMILES string of the molecule is C=C(CCC(CC)C(=O)NCC(O)CO)c1ccc(OCC2CCN(c3nc(C(C)C)no3)CC2)cc1. The molecule has 3 N–H and O–H groups in total. The van der Waals surface area contributed by atoms with Gasteiger partial charge in [-0.25, -0.2) is 0 Å². The fourth-order valence-corrected chi connectivity index (χ4v) is 4.32. The molecule has 0 bridgehead atoms. The van der Waals surface area contributed by atoms with Gasteiger partial charge in [0.15, 0.2) is 5.82 Å². The van der Waals surface area contributed by atoms with E-state index >= 15 is 0 Å². The van der Waals surface area contributed by atoms with E-state index in [1.807, 2.05) is 31.2 Å². The predicted octanol–water partition coefficient (Wildman–Crippen LogP) is 3.78. The topological polar surface area (TPSA) is 121 Å². The second kappa shape index (κ2) is 14.1. The summed E-state index contributed by atoms with van der Waals surface area (Å²) in [5, 5.41) is 25.1. The molecule has 0 aliphatic carbocycles. The Hall–Kier alpha value is -2.91. The normalized spacial score (nSPS) is 16.0. The van der Waals surface area contributed by atoms with Gasteiger partial charge in [-0.15, -0.1) is 0 Å². The molecule has 1 aromatic carbocycles. The quantitative estimate of drug-likeness (QED) is 0.348. The van der Waals surface area contributed by atoms with Gasteiger partial charge in [0, 0.05) is 31.5 Å². The zero-order valence-electron chi connectivity index (χ0n) is 22.4. The fraction of sp³-hybridized carbons (Fsp3) is 0.607. The number of hydrogen-bond acceptors (Lipinski definition) is 8. The van der Waals surface area contributed by atoms with E-state index in [4.69, 9.17) is 14.4 Å². The Labute approximate surface area is 219 Å². The number of nitrogens with one attached hydrogen (secondary N) is 1. The van der Waals surface area contributed by atoms with E-state index in [0.29, 0.717) is 37.8 Å². The Morgan fingerprint density at radius 2 is 1.97 bits per heavy atom. The lowest BCUT2D eigenvalue weighted by Crippen LogP contribution is -2.37. The molecule has 3 rings (SSSR count). The van der Waals surface area contributed by atoms with Crippen molar-refractivity contribution in [2.24, 2.45) is 11.8 Å². The summed E-state index contributed by atoms with van der Waals surface area (Å²) < 4.78 is 11.5. The van der Waals surface area contributed by atoms with Gasteiger partial charge in [-0.3, -0.25) is 4.79 Å². The lowest BCUT2D eigenvalue weighted by Gasteiger charge is -2.30. The molecule has 0 saturated carbocycles. The number of amides is 1. The van der Waals surface area contributed by atoms with E-state index in [0.717, 1.165) is 48.6 Å². The summed E-state index contributed by atoms with van der Waals surface area (Å²) in [6, 6.07) is 8.59. The maximum Gasteiger partial charge on any atom is 0.324 e. The Morgan fingerprint density at radius 1 is 1.27 bits per heavy atom. The summed E-state index contributed by atoms with van der Waals surface area (Å²) in [6.07, 6.45) is 3.17. The average Bonchev–Trinajstić information content (AvgIpc) is 3.42. The zero-order chi connectivity index (χ0) is 26.8. The van der Waals surface area contributed by atoms with Crippen LogP contribution >= 0.6 is 0 Å². The first kappa shape index (κ1) is 28.7. The zero-order valence-corrected chi connectivity index (χ0v) is 22.4. The van der Waals surface area contributed by atoms with E-state index in [-0.39, 0.29) is 30.9 Å². The molecule has 9 heteroatoms. The number of carbonyl (C=O) groups excluding carboxylic acids is 1. The molecule has 2 heterocycles. The molecule has 0 spiro atoms. The minimum absolute atomic E-state index is 0.0607. The van der Waals surface area contributed by atoms with Crippen LogP contribution in [0.25, 0.3) is 5.57 Å². The minimum atomic E-state index is -0.931. The Kier molecular flexibility index (Phi) is 11.0. The second-order valence-corrected chi connectivity index (χ2v) is 10.2. The van der Waals surface area contributed by atoms with E-state index in [1.54, 1.807) is 0 Å². The highest BCUT2D eigenvalue weighted by molar-refractivity contribution is 5.79. The van der Waals surface area contributed by atoms with Crippen LogP contribution in [0, 0.1) is 11.8 Å². The highest BCUT2D eigenvalue weighted by atomic mass is 16.5. The van der Waals surface area contributed by atoms with Gasteiger partial charge < -0.3 is 29.7 Å². The molecule has 1 aromatic heterocycles. The summed E-state index contributed by atoms with van der Waals surface area (Å²) in [7, 11) is 0. The van der Waals surface area contributed by atoms with Crippen LogP contribution in [-0.4, -0.2) is 65.2 Å². The number of rotatable bonds is 14. The number of anilines is 1. The Balaban J connectivity index is 1.39. The molecule has 0 radical (unpaired) electrons. The average molecular weight is 515 g/mol. The van der Waals surface area contributed by atoms with E-state index in [9.17, 15) is 9.90 Å². The van der Waals surface area contributed by atoms with Crippen molar-refractivity contribution in [3.63, 3.8) is 0 Å². The summed E-state index contributed by atoms with van der Waals surface area (Å²) in [4.78, 5) is 19.0. The molecular weight excluding hydrogens is 472 g/mol. The first-order chi connectivity index (χ1) is 17.8. The number of benzene rings is 1. The van der Waals surface area contributed by atoms with Crippen LogP contribution in [0.5, 0.6) is 5.75 Å². The Bertz CT molecular complexity index is 983. The smallest absolute Gasteiger partial charge is 0.324 e. The molecule has 2 aromatic rings. The lowest BCUT2D eigenvalue weighted by atomic mass is 9.94. The maximum absolute atomic E-state index is 12.3. The van der Waals surface area contributed by atoms with E-state index < -0.39 is 6.10 Å². The number of ether oxygens (including phenoxy) is 1. The van der Waals surface area contributed by atoms with Crippen molar-refractivity contribution >= 4 is 17.5 Å². The molecule has 2 atom stereocenters. The number of aliphatic hydroxyl groups is 2. The first-order valence-electron chi connectivity index (χ1n) is 13.4. The second-order valence-electron chi connectivity index (χ2n) is 10.2. The molecule has 204 valence electrons. The summed E-state index contributed by atoms with van der Waals surface area (Å²) in [6.45, 7) is 12.4. The fourth-order valence-electron chi connectivity index (χ4n) is 4.32.